The third-order valence-corrected chi connectivity index (χ3v) is 3.18. The Morgan fingerprint density at radius 2 is 2.19 bits per heavy atom. The zero-order valence-electron chi connectivity index (χ0n) is 13.8. The number of carbonyl (C=O) groups excluding carboxylic acids is 1. The summed E-state index contributed by atoms with van der Waals surface area (Å²) in [7, 11) is 5.57. The maximum atomic E-state index is 12.4. The van der Waals surface area contributed by atoms with Crippen molar-refractivity contribution < 1.29 is 9.53 Å². The fourth-order valence-corrected chi connectivity index (χ4v) is 2.02. The molecule has 0 bridgehead atoms. The average Bonchev–Trinajstić information content (AvgIpc) is 2.83. The van der Waals surface area contributed by atoms with Gasteiger partial charge in [0, 0.05) is 19.0 Å². The minimum Gasteiger partial charge on any atom is -0.493 e. The molecule has 0 saturated carbocycles. The minimum atomic E-state index is 0.0914. The third kappa shape index (κ3) is 5.85. The Morgan fingerprint density at radius 1 is 1.48 bits per heavy atom. The summed E-state index contributed by atoms with van der Waals surface area (Å²) in [5.41, 5.74) is 0.587. The maximum absolute atomic E-state index is 12.4. The van der Waals surface area contributed by atoms with Gasteiger partial charge in [-0.2, -0.15) is 5.10 Å². The van der Waals surface area contributed by atoms with Gasteiger partial charge in [-0.05, 0) is 27.1 Å². The molecule has 0 atom stereocenters. The number of nitrogens with one attached hydrogen (secondary N) is 1. The molecule has 1 aromatic rings. The van der Waals surface area contributed by atoms with Crippen molar-refractivity contribution in [3.8, 4) is 5.75 Å². The first-order chi connectivity index (χ1) is 9.95. The molecule has 0 aromatic carbocycles. The van der Waals surface area contributed by atoms with Crippen molar-refractivity contribution in [3.05, 3.63) is 11.9 Å². The van der Waals surface area contributed by atoms with Crippen molar-refractivity contribution in [2.75, 3.05) is 34.3 Å². The Kier molecular flexibility index (Phi) is 7.39. The summed E-state index contributed by atoms with van der Waals surface area (Å²) in [5.74, 6) is 0.657. The van der Waals surface area contributed by atoms with E-state index in [4.69, 9.17) is 4.74 Å². The molecule has 0 radical (unpaired) electrons. The van der Waals surface area contributed by atoms with Crippen molar-refractivity contribution in [2.45, 2.75) is 39.3 Å². The lowest BCUT2D eigenvalue weighted by molar-refractivity contribution is 0.0965. The van der Waals surface area contributed by atoms with E-state index in [1.54, 1.807) is 18.0 Å². The summed E-state index contributed by atoms with van der Waals surface area (Å²) in [6.45, 7) is 6.56. The first kappa shape index (κ1) is 17.7. The van der Waals surface area contributed by atoms with Crippen LogP contribution in [0.1, 0.15) is 37.2 Å². The first-order valence-corrected chi connectivity index (χ1v) is 7.46. The average molecular weight is 296 g/mol. The zero-order chi connectivity index (χ0) is 15.8. The predicted octanol–water partition coefficient (Wildman–Crippen LogP) is 1.41. The van der Waals surface area contributed by atoms with Gasteiger partial charge in [0.25, 0.3) is 0 Å². The molecule has 0 spiro atoms. The second kappa shape index (κ2) is 8.79. The number of Topliss-reactive ketones (excluding diaryl/α,β-unsaturated/α-hetero) is 1. The summed E-state index contributed by atoms with van der Waals surface area (Å²) in [6, 6.07) is 0.445. The Labute approximate surface area is 127 Å². The summed E-state index contributed by atoms with van der Waals surface area (Å²) >= 11 is 0. The van der Waals surface area contributed by atoms with Crippen molar-refractivity contribution in [3.63, 3.8) is 0 Å². The van der Waals surface area contributed by atoms with Gasteiger partial charge in [0.1, 0.15) is 5.69 Å². The number of ketones is 1. The summed E-state index contributed by atoms with van der Waals surface area (Å²) < 4.78 is 7.01. The molecule has 0 unspecified atom stereocenters. The van der Waals surface area contributed by atoms with Gasteiger partial charge in [-0.3, -0.25) is 9.48 Å². The number of hydrogen-bond donors (Lipinski definition) is 1. The number of nitrogens with zero attached hydrogens (tertiary/aromatic N) is 3. The molecule has 0 amide bonds. The Bertz CT molecular complexity index is 441. The highest BCUT2D eigenvalue weighted by Gasteiger charge is 2.19. The molecule has 6 nitrogen and oxygen atoms in total. The van der Waals surface area contributed by atoms with Crippen LogP contribution < -0.4 is 10.1 Å². The molecule has 0 saturated heterocycles. The Morgan fingerprint density at radius 3 is 2.76 bits per heavy atom. The minimum absolute atomic E-state index is 0.0914. The lowest BCUT2D eigenvalue weighted by Gasteiger charge is -2.12. The summed E-state index contributed by atoms with van der Waals surface area (Å²) in [5, 5.41) is 7.58. The van der Waals surface area contributed by atoms with Crippen LogP contribution in [0.4, 0.5) is 0 Å². The van der Waals surface area contributed by atoms with Gasteiger partial charge in [0.05, 0.1) is 19.9 Å². The monoisotopic (exact) mass is 296 g/mol. The lowest BCUT2D eigenvalue weighted by Crippen LogP contribution is -2.25. The van der Waals surface area contributed by atoms with Crippen LogP contribution in [0, 0.1) is 0 Å². The van der Waals surface area contributed by atoms with Gasteiger partial charge in [-0.15, -0.1) is 0 Å². The van der Waals surface area contributed by atoms with Crippen LogP contribution in [-0.4, -0.2) is 60.8 Å². The number of likely N-dealkylation sites (N-methyl/N-ethyl adjacent to an activating group) is 1. The van der Waals surface area contributed by atoms with E-state index in [9.17, 15) is 4.79 Å². The van der Waals surface area contributed by atoms with Crippen LogP contribution in [0.25, 0.3) is 0 Å². The van der Waals surface area contributed by atoms with Gasteiger partial charge < -0.3 is 15.0 Å². The van der Waals surface area contributed by atoms with Crippen LogP contribution in [0.15, 0.2) is 6.20 Å². The predicted molar refractivity (Wildman–Crippen MR) is 84.0 cm³/mol. The SMILES string of the molecule is COc1cnn(CCN(C)C)c1C(=O)CCCNC(C)C. The van der Waals surface area contributed by atoms with Crippen LogP contribution in [0.3, 0.4) is 0 Å². The highest BCUT2D eigenvalue weighted by atomic mass is 16.5. The van der Waals surface area contributed by atoms with Crippen LogP contribution >= 0.6 is 0 Å². The molecule has 120 valence electrons. The molecule has 0 aliphatic carbocycles. The molecule has 1 rings (SSSR count). The van der Waals surface area contributed by atoms with E-state index in [0.717, 1.165) is 19.5 Å². The van der Waals surface area contributed by atoms with Crippen molar-refractivity contribution in [1.29, 1.82) is 0 Å². The number of ether oxygens (including phenoxy) is 1. The smallest absolute Gasteiger partial charge is 0.184 e. The molecule has 21 heavy (non-hydrogen) atoms. The van der Waals surface area contributed by atoms with E-state index in [1.807, 2.05) is 14.1 Å². The van der Waals surface area contributed by atoms with Gasteiger partial charge in [0.15, 0.2) is 11.5 Å². The number of carbonyl (C=O) groups is 1. The van der Waals surface area contributed by atoms with Crippen LogP contribution in [0.2, 0.25) is 0 Å². The second-order valence-corrected chi connectivity index (χ2v) is 5.72. The molecule has 0 aliphatic rings. The number of aromatic nitrogens is 2. The molecule has 0 aliphatic heterocycles. The fourth-order valence-electron chi connectivity index (χ4n) is 2.02. The van der Waals surface area contributed by atoms with Crippen molar-refractivity contribution in [2.24, 2.45) is 0 Å². The number of methoxy groups -OCH3 is 1. The fraction of sp³-hybridized carbons (Fsp3) is 0.733. The summed E-state index contributed by atoms with van der Waals surface area (Å²) in [4.78, 5) is 14.5. The molecule has 0 fully saturated rings. The molecular weight excluding hydrogens is 268 g/mol. The van der Waals surface area contributed by atoms with Gasteiger partial charge >= 0.3 is 0 Å². The zero-order valence-corrected chi connectivity index (χ0v) is 13.8. The van der Waals surface area contributed by atoms with Crippen LogP contribution in [-0.2, 0) is 6.54 Å². The quantitative estimate of drug-likeness (QED) is 0.522. The van der Waals surface area contributed by atoms with Crippen LogP contribution in [0.5, 0.6) is 5.75 Å². The first-order valence-electron chi connectivity index (χ1n) is 7.46. The van der Waals surface area contributed by atoms with E-state index in [0.29, 0.717) is 30.5 Å². The third-order valence-electron chi connectivity index (χ3n) is 3.18. The second-order valence-electron chi connectivity index (χ2n) is 5.72. The van der Waals surface area contributed by atoms with E-state index in [1.165, 1.54) is 0 Å². The molecule has 1 N–H and O–H groups in total. The highest BCUT2D eigenvalue weighted by molar-refractivity contribution is 5.97. The number of rotatable bonds is 10. The molecule has 6 heteroatoms. The van der Waals surface area contributed by atoms with E-state index < -0.39 is 0 Å². The van der Waals surface area contributed by atoms with Gasteiger partial charge in [0.2, 0.25) is 0 Å². The van der Waals surface area contributed by atoms with E-state index in [2.05, 4.69) is 29.2 Å². The summed E-state index contributed by atoms with van der Waals surface area (Å²) in [6.07, 6.45) is 2.94. The maximum Gasteiger partial charge on any atom is 0.184 e. The van der Waals surface area contributed by atoms with Crippen molar-refractivity contribution in [1.82, 2.24) is 20.0 Å². The van der Waals surface area contributed by atoms with Gasteiger partial charge in [-0.1, -0.05) is 13.8 Å². The molecule has 1 aromatic heterocycles. The lowest BCUT2D eigenvalue weighted by atomic mass is 10.1. The Balaban J connectivity index is 2.65. The topological polar surface area (TPSA) is 59.4 Å². The van der Waals surface area contributed by atoms with Crippen molar-refractivity contribution >= 4 is 5.78 Å². The number of hydrogen-bond acceptors (Lipinski definition) is 5. The van der Waals surface area contributed by atoms with E-state index in [-0.39, 0.29) is 5.78 Å². The van der Waals surface area contributed by atoms with E-state index >= 15 is 0 Å². The largest absolute Gasteiger partial charge is 0.493 e. The standard InChI is InChI=1S/C15H28N4O2/c1-12(2)16-8-6-7-13(20)15-14(21-5)11-17-19(15)10-9-18(3)4/h11-12,16H,6-10H2,1-5H3. The van der Waals surface area contributed by atoms with Gasteiger partial charge in [-0.25, -0.2) is 0 Å². The molecular formula is C15H28N4O2. The highest BCUT2D eigenvalue weighted by Crippen LogP contribution is 2.19. The molecule has 1 heterocycles. The normalized spacial score (nSPS) is 11.4. The Hall–Kier alpha value is -1.40.